The molecular weight excluding hydrogens is 455 g/mol. The van der Waals surface area contributed by atoms with Crippen LogP contribution < -0.4 is 5.32 Å². The summed E-state index contributed by atoms with van der Waals surface area (Å²) in [6, 6.07) is 11.0. The number of carbonyl (C=O) groups excluding carboxylic acids is 1. The zero-order chi connectivity index (χ0) is 22.8. The number of aryl methyl sites for hydroxylation is 2. The average Bonchev–Trinajstić information content (AvgIpc) is 2.70. The summed E-state index contributed by atoms with van der Waals surface area (Å²) < 4.78 is 27.1. The lowest BCUT2D eigenvalue weighted by Crippen LogP contribution is -2.43. The average molecular weight is 483 g/mol. The molecule has 0 bridgehead atoms. The van der Waals surface area contributed by atoms with Crippen molar-refractivity contribution in [1.82, 2.24) is 9.62 Å². The second-order valence-electron chi connectivity index (χ2n) is 8.27. The molecular formula is C23H28Cl2N2O3S. The summed E-state index contributed by atoms with van der Waals surface area (Å²) in [5.74, 6) is -0.344. The Hall–Kier alpha value is -1.60. The molecule has 1 saturated heterocycles. The Labute approximate surface area is 194 Å². The largest absolute Gasteiger partial charge is 0.349 e. The highest BCUT2D eigenvalue weighted by molar-refractivity contribution is 7.88. The van der Waals surface area contributed by atoms with Crippen molar-refractivity contribution in [2.24, 2.45) is 5.92 Å². The van der Waals surface area contributed by atoms with Crippen molar-refractivity contribution < 1.29 is 13.2 Å². The molecule has 1 fully saturated rings. The van der Waals surface area contributed by atoms with E-state index in [9.17, 15) is 13.2 Å². The maximum Gasteiger partial charge on any atom is 0.223 e. The van der Waals surface area contributed by atoms with E-state index in [1.807, 2.05) is 32.9 Å². The molecule has 2 aromatic carbocycles. The van der Waals surface area contributed by atoms with Crippen molar-refractivity contribution in [3.63, 3.8) is 0 Å². The van der Waals surface area contributed by atoms with Crippen LogP contribution in [0.4, 0.5) is 0 Å². The Bertz CT molecular complexity index is 1060. The fraction of sp³-hybridized carbons (Fsp3) is 0.435. The van der Waals surface area contributed by atoms with E-state index in [-0.39, 0.29) is 23.6 Å². The maximum absolute atomic E-state index is 12.8. The van der Waals surface area contributed by atoms with Gasteiger partial charge in [0.15, 0.2) is 0 Å². The Kier molecular flexibility index (Phi) is 7.68. The standard InChI is InChI=1S/C23H28Cl2N2O3S/c1-15-4-6-20(16(2)12-15)17(3)26-23(28)19-8-10-27(11-9-19)31(29,30)14-18-5-7-21(24)22(25)13-18/h4-7,12-13,17,19H,8-11,14H2,1-3H3,(H,26,28)/t17-/m0/s1. The number of carbonyl (C=O) groups is 1. The molecule has 1 atom stereocenters. The van der Waals surface area contributed by atoms with E-state index in [1.54, 1.807) is 18.2 Å². The van der Waals surface area contributed by atoms with Gasteiger partial charge in [-0.3, -0.25) is 4.79 Å². The number of hydrogen-bond donors (Lipinski definition) is 1. The van der Waals surface area contributed by atoms with Crippen molar-refractivity contribution in [2.75, 3.05) is 13.1 Å². The lowest BCUT2D eigenvalue weighted by molar-refractivity contribution is -0.126. The summed E-state index contributed by atoms with van der Waals surface area (Å²) >= 11 is 11.9. The first kappa shape index (κ1) is 24.1. The molecule has 1 aliphatic rings. The molecule has 5 nitrogen and oxygen atoms in total. The molecule has 0 saturated carbocycles. The second kappa shape index (κ2) is 9.90. The van der Waals surface area contributed by atoms with E-state index in [0.717, 1.165) is 11.1 Å². The lowest BCUT2D eigenvalue weighted by atomic mass is 9.95. The predicted molar refractivity (Wildman–Crippen MR) is 126 cm³/mol. The minimum absolute atomic E-state index is 0.0194. The summed E-state index contributed by atoms with van der Waals surface area (Å²) in [7, 11) is -3.49. The minimum atomic E-state index is -3.49. The van der Waals surface area contributed by atoms with E-state index < -0.39 is 10.0 Å². The van der Waals surface area contributed by atoms with Crippen LogP contribution in [-0.2, 0) is 20.6 Å². The molecule has 1 heterocycles. The van der Waals surface area contributed by atoms with E-state index in [0.29, 0.717) is 41.5 Å². The van der Waals surface area contributed by atoms with Crippen molar-refractivity contribution in [1.29, 1.82) is 0 Å². The summed E-state index contributed by atoms with van der Waals surface area (Å²) in [6.45, 7) is 6.73. The van der Waals surface area contributed by atoms with Gasteiger partial charge in [0.05, 0.1) is 21.8 Å². The first-order valence-corrected chi connectivity index (χ1v) is 12.7. The van der Waals surface area contributed by atoms with Crippen LogP contribution in [0.2, 0.25) is 10.0 Å². The molecule has 8 heteroatoms. The highest BCUT2D eigenvalue weighted by atomic mass is 35.5. The van der Waals surface area contributed by atoms with Crippen LogP contribution in [0.5, 0.6) is 0 Å². The van der Waals surface area contributed by atoms with E-state index in [2.05, 4.69) is 11.4 Å². The van der Waals surface area contributed by atoms with Crippen LogP contribution in [0.1, 0.15) is 48.1 Å². The molecule has 0 aliphatic carbocycles. The number of sulfonamides is 1. The van der Waals surface area contributed by atoms with Crippen LogP contribution in [-0.4, -0.2) is 31.7 Å². The van der Waals surface area contributed by atoms with Crippen LogP contribution in [0, 0.1) is 19.8 Å². The Balaban J connectivity index is 1.56. The smallest absolute Gasteiger partial charge is 0.223 e. The predicted octanol–water partition coefficient (Wildman–Crippen LogP) is 5.03. The first-order valence-electron chi connectivity index (χ1n) is 10.4. The van der Waals surface area contributed by atoms with Gasteiger partial charge in [-0.1, -0.05) is 53.0 Å². The number of piperidine rings is 1. The molecule has 0 radical (unpaired) electrons. The van der Waals surface area contributed by atoms with Gasteiger partial charge in [0.1, 0.15) is 0 Å². The van der Waals surface area contributed by atoms with Gasteiger partial charge in [0, 0.05) is 19.0 Å². The SMILES string of the molecule is Cc1ccc([C@H](C)NC(=O)C2CCN(S(=O)(=O)Cc3ccc(Cl)c(Cl)c3)CC2)c(C)c1. The number of amides is 1. The van der Waals surface area contributed by atoms with Gasteiger partial charge in [-0.05, 0) is 62.4 Å². The molecule has 31 heavy (non-hydrogen) atoms. The zero-order valence-corrected chi connectivity index (χ0v) is 20.3. The van der Waals surface area contributed by atoms with Gasteiger partial charge < -0.3 is 5.32 Å². The molecule has 0 aromatic heterocycles. The number of benzene rings is 2. The summed E-state index contributed by atoms with van der Waals surface area (Å²) in [6.07, 6.45) is 1.01. The quantitative estimate of drug-likeness (QED) is 0.627. The Morgan fingerprint density at radius 2 is 1.77 bits per heavy atom. The zero-order valence-electron chi connectivity index (χ0n) is 18.0. The molecule has 3 rings (SSSR count). The highest BCUT2D eigenvalue weighted by Gasteiger charge is 2.31. The van der Waals surface area contributed by atoms with Gasteiger partial charge in [0.2, 0.25) is 15.9 Å². The van der Waals surface area contributed by atoms with Crippen LogP contribution in [0.25, 0.3) is 0 Å². The molecule has 168 valence electrons. The first-order chi connectivity index (χ1) is 14.6. The lowest BCUT2D eigenvalue weighted by Gasteiger charge is -2.31. The minimum Gasteiger partial charge on any atom is -0.349 e. The Morgan fingerprint density at radius 1 is 1.10 bits per heavy atom. The van der Waals surface area contributed by atoms with Crippen molar-refractivity contribution in [2.45, 2.75) is 45.4 Å². The summed E-state index contributed by atoms with van der Waals surface area (Å²) in [5, 5.41) is 3.83. The topological polar surface area (TPSA) is 66.5 Å². The van der Waals surface area contributed by atoms with Gasteiger partial charge in [-0.15, -0.1) is 0 Å². The van der Waals surface area contributed by atoms with Gasteiger partial charge in [0.25, 0.3) is 0 Å². The maximum atomic E-state index is 12.8. The molecule has 1 aliphatic heterocycles. The highest BCUT2D eigenvalue weighted by Crippen LogP contribution is 2.27. The van der Waals surface area contributed by atoms with Gasteiger partial charge in [-0.25, -0.2) is 12.7 Å². The van der Waals surface area contributed by atoms with Crippen molar-refractivity contribution in [3.8, 4) is 0 Å². The van der Waals surface area contributed by atoms with Gasteiger partial charge >= 0.3 is 0 Å². The van der Waals surface area contributed by atoms with Crippen molar-refractivity contribution >= 4 is 39.1 Å². The number of nitrogens with one attached hydrogen (secondary N) is 1. The van der Waals surface area contributed by atoms with Crippen LogP contribution in [0.3, 0.4) is 0 Å². The third-order valence-corrected chi connectivity index (χ3v) is 8.39. The van der Waals surface area contributed by atoms with E-state index >= 15 is 0 Å². The molecule has 1 N–H and O–H groups in total. The van der Waals surface area contributed by atoms with Gasteiger partial charge in [-0.2, -0.15) is 0 Å². The normalized spacial score (nSPS) is 16.8. The molecule has 0 spiro atoms. The van der Waals surface area contributed by atoms with Crippen molar-refractivity contribution in [3.05, 3.63) is 68.7 Å². The summed E-state index contributed by atoms with van der Waals surface area (Å²) in [5.41, 5.74) is 4.03. The Morgan fingerprint density at radius 3 is 2.39 bits per heavy atom. The molecule has 0 unspecified atom stereocenters. The number of hydrogen-bond acceptors (Lipinski definition) is 3. The summed E-state index contributed by atoms with van der Waals surface area (Å²) in [4.78, 5) is 12.8. The number of halogens is 2. The molecule has 1 amide bonds. The van der Waals surface area contributed by atoms with Crippen LogP contribution in [0.15, 0.2) is 36.4 Å². The number of rotatable bonds is 6. The fourth-order valence-corrected chi connectivity index (χ4v) is 5.92. The number of nitrogens with zero attached hydrogens (tertiary/aromatic N) is 1. The van der Waals surface area contributed by atoms with Crippen LogP contribution >= 0.6 is 23.2 Å². The monoisotopic (exact) mass is 482 g/mol. The van der Waals surface area contributed by atoms with E-state index in [4.69, 9.17) is 23.2 Å². The third kappa shape index (κ3) is 6.01. The second-order valence-corrected chi connectivity index (χ2v) is 11.1. The fourth-order valence-electron chi connectivity index (χ4n) is 4.05. The third-order valence-electron chi connectivity index (χ3n) is 5.80. The molecule has 2 aromatic rings. The van der Waals surface area contributed by atoms with E-state index in [1.165, 1.54) is 9.87 Å².